The van der Waals surface area contributed by atoms with E-state index in [4.69, 9.17) is 0 Å². The van der Waals surface area contributed by atoms with Crippen molar-refractivity contribution >= 4 is 15.6 Å². The maximum Gasteiger partial charge on any atom is 0.192 e. The number of H-pyrrole nitrogens is 1. The van der Waals surface area contributed by atoms with Gasteiger partial charge in [-0.2, -0.15) is 0 Å². The van der Waals surface area contributed by atoms with E-state index in [0.717, 1.165) is 0 Å². The number of likely N-dealkylation sites (N-methyl/N-ethyl adjacent to an activating group) is 1. The number of carbonyl (C=O) groups is 1. The minimum atomic E-state index is -2.89. The van der Waals surface area contributed by atoms with Gasteiger partial charge in [-0.05, 0) is 25.6 Å². The molecule has 0 bridgehead atoms. The van der Waals surface area contributed by atoms with Gasteiger partial charge in [0.15, 0.2) is 15.6 Å². The molecular formula is C11H16N2O3S. The summed E-state index contributed by atoms with van der Waals surface area (Å²) < 4.78 is 22.7. The van der Waals surface area contributed by atoms with Crippen LogP contribution in [-0.4, -0.2) is 55.2 Å². The molecule has 2 heterocycles. The topological polar surface area (TPSA) is 70.2 Å². The van der Waals surface area contributed by atoms with Crippen LogP contribution in [-0.2, 0) is 9.84 Å². The Hall–Kier alpha value is -1.14. The number of aromatic amines is 1. The molecule has 1 aliphatic heterocycles. The van der Waals surface area contributed by atoms with Crippen molar-refractivity contribution in [3.8, 4) is 0 Å². The molecule has 94 valence electrons. The molecule has 1 aliphatic rings. The van der Waals surface area contributed by atoms with Gasteiger partial charge in [0.1, 0.15) is 0 Å². The van der Waals surface area contributed by atoms with Crippen LogP contribution in [0.3, 0.4) is 0 Å². The van der Waals surface area contributed by atoms with Crippen molar-refractivity contribution in [3.05, 3.63) is 24.0 Å². The predicted molar refractivity (Wildman–Crippen MR) is 64.8 cm³/mol. The highest BCUT2D eigenvalue weighted by molar-refractivity contribution is 7.91. The number of nitrogens with one attached hydrogen (secondary N) is 1. The Kier molecular flexibility index (Phi) is 3.35. The number of sulfone groups is 1. The van der Waals surface area contributed by atoms with E-state index in [2.05, 4.69) is 4.98 Å². The molecule has 1 saturated heterocycles. The standard InChI is InChI=1S/C11H16N2O3S/c1-13(9-4-6-17(15,16)8-9)7-11(14)10-3-2-5-12-10/h2-3,5,9,12H,4,6-8H2,1H3. The van der Waals surface area contributed by atoms with Gasteiger partial charge in [0, 0.05) is 12.2 Å². The zero-order valence-corrected chi connectivity index (χ0v) is 10.5. The van der Waals surface area contributed by atoms with Crippen molar-refractivity contribution in [2.75, 3.05) is 25.1 Å². The number of hydrogen-bond acceptors (Lipinski definition) is 4. The smallest absolute Gasteiger partial charge is 0.192 e. The van der Waals surface area contributed by atoms with E-state index in [1.807, 2.05) is 4.90 Å². The molecule has 2 rings (SSSR count). The van der Waals surface area contributed by atoms with Crippen molar-refractivity contribution in [3.63, 3.8) is 0 Å². The van der Waals surface area contributed by atoms with Gasteiger partial charge in [-0.3, -0.25) is 9.69 Å². The van der Waals surface area contributed by atoms with Crippen LogP contribution in [0.4, 0.5) is 0 Å². The SMILES string of the molecule is CN(CC(=O)c1ccc[nH]1)C1CCS(=O)(=O)C1. The van der Waals surface area contributed by atoms with Gasteiger partial charge >= 0.3 is 0 Å². The highest BCUT2D eigenvalue weighted by Gasteiger charge is 2.31. The summed E-state index contributed by atoms with van der Waals surface area (Å²) in [4.78, 5) is 16.5. The number of Topliss-reactive ketones (excluding diaryl/α,β-unsaturated/α-hetero) is 1. The second kappa shape index (κ2) is 4.62. The van der Waals surface area contributed by atoms with Gasteiger partial charge in [-0.15, -0.1) is 0 Å². The van der Waals surface area contributed by atoms with Gasteiger partial charge in [-0.1, -0.05) is 0 Å². The number of nitrogens with zero attached hydrogens (tertiary/aromatic N) is 1. The normalized spacial score (nSPS) is 23.1. The summed E-state index contributed by atoms with van der Waals surface area (Å²) in [6, 6.07) is 3.47. The van der Waals surface area contributed by atoms with Crippen LogP contribution in [0.1, 0.15) is 16.9 Å². The molecule has 5 nitrogen and oxygen atoms in total. The highest BCUT2D eigenvalue weighted by atomic mass is 32.2. The van der Waals surface area contributed by atoms with Crippen molar-refractivity contribution in [1.82, 2.24) is 9.88 Å². The highest BCUT2D eigenvalue weighted by Crippen LogP contribution is 2.16. The first kappa shape index (κ1) is 12.3. The predicted octanol–water partition coefficient (Wildman–Crippen LogP) is 0.316. The van der Waals surface area contributed by atoms with Gasteiger partial charge in [0.2, 0.25) is 0 Å². The number of rotatable bonds is 4. The van der Waals surface area contributed by atoms with Crippen molar-refractivity contribution < 1.29 is 13.2 Å². The summed E-state index contributed by atoms with van der Waals surface area (Å²) in [5.41, 5.74) is 0.567. The first-order valence-corrected chi connectivity index (χ1v) is 7.37. The van der Waals surface area contributed by atoms with E-state index in [9.17, 15) is 13.2 Å². The fourth-order valence-electron chi connectivity index (χ4n) is 2.07. The fraction of sp³-hybridized carbons (Fsp3) is 0.545. The van der Waals surface area contributed by atoms with Crippen LogP contribution >= 0.6 is 0 Å². The molecule has 0 aromatic carbocycles. The van der Waals surface area contributed by atoms with Gasteiger partial charge in [0.05, 0.1) is 23.7 Å². The summed E-state index contributed by atoms with van der Waals surface area (Å²) in [7, 11) is -1.09. The summed E-state index contributed by atoms with van der Waals surface area (Å²) in [5, 5.41) is 0. The van der Waals surface area contributed by atoms with Gasteiger partial charge in [-0.25, -0.2) is 8.42 Å². The monoisotopic (exact) mass is 256 g/mol. The maximum atomic E-state index is 11.8. The quantitative estimate of drug-likeness (QED) is 0.787. The van der Waals surface area contributed by atoms with Crippen molar-refractivity contribution in [2.45, 2.75) is 12.5 Å². The summed E-state index contributed by atoms with van der Waals surface area (Å²) in [5.74, 6) is 0.391. The molecule has 1 atom stereocenters. The van der Waals surface area contributed by atoms with E-state index < -0.39 is 9.84 Å². The van der Waals surface area contributed by atoms with Crippen molar-refractivity contribution in [1.29, 1.82) is 0 Å². The Bertz CT molecular complexity index is 493. The van der Waals surface area contributed by atoms with E-state index in [0.29, 0.717) is 12.1 Å². The Morgan fingerprint density at radius 3 is 2.88 bits per heavy atom. The lowest BCUT2D eigenvalue weighted by molar-refractivity contribution is 0.0922. The third kappa shape index (κ3) is 2.95. The lowest BCUT2D eigenvalue weighted by Crippen LogP contribution is -2.36. The zero-order valence-electron chi connectivity index (χ0n) is 9.72. The molecule has 0 aliphatic carbocycles. The first-order chi connectivity index (χ1) is 7.98. The second-order valence-corrected chi connectivity index (χ2v) is 6.71. The van der Waals surface area contributed by atoms with Gasteiger partial charge < -0.3 is 4.98 Å². The molecule has 0 amide bonds. The van der Waals surface area contributed by atoms with Crippen LogP contribution in [0.5, 0.6) is 0 Å². The third-order valence-electron chi connectivity index (χ3n) is 3.12. The molecular weight excluding hydrogens is 240 g/mol. The average Bonchev–Trinajstić information content (AvgIpc) is 2.86. The first-order valence-electron chi connectivity index (χ1n) is 5.55. The second-order valence-electron chi connectivity index (χ2n) is 4.48. The van der Waals surface area contributed by atoms with Crippen LogP contribution in [0.25, 0.3) is 0 Å². The molecule has 1 fully saturated rings. The van der Waals surface area contributed by atoms with E-state index in [1.165, 1.54) is 0 Å². The maximum absolute atomic E-state index is 11.8. The number of carbonyl (C=O) groups excluding carboxylic acids is 1. The third-order valence-corrected chi connectivity index (χ3v) is 4.87. The number of aromatic nitrogens is 1. The average molecular weight is 256 g/mol. The molecule has 0 saturated carbocycles. The Balaban J connectivity index is 1.94. The summed E-state index contributed by atoms with van der Waals surface area (Å²) in [6.07, 6.45) is 2.32. The van der Waals surface area contributed by atoms with Crippen LogP contribution in [0.15, 0.2) is 18.3 Å². The molecule has 1 aromatic heterocycles. The zero-order chi connectivity index (χ0) is 12.5. The van der Waals surface area contributed by atoms with Crippen LogP contribution in [0.2, 0.25) is 0 Å². The molecule has 17 heavy (non-hydrogen) atoms. The number of hydrogen-bond donors (Lipinski definition) is 1. The number of ketones is 1. The Morgan fingerprint density at radius 1 is 1.59 bits per heavy atom. The lowest BCUT2D eigenvalue weighted by Gasteiger charge is -2.21. The molecule has 1 unspecified atom stereocenters. The van der Waals surface area contributed by atoms with Crippen LogP contribution < -0.4 is 0 Å². The van der Waals surface area contributed by atoms with E-state index >= 15 is 0 Å². The fourth-order valence-corrected chi connectivity index (χ4v) is 3.87. The molecule has 1 N–H and O–H groups in total. The summed E-state index contributed by atoms with van der Waals surface area (Å²) >= 11 is 0. The minimum absolute atomic E-state index is 0.0122. The van der Waals surface area contributed by atoms with E-state index in [-0.39, 0.29) is 29.9 Å². The van der Waals surface area contributed by atoms with Gasteiger partial charge in [0.25, 0.3) is 0 Å². The van der Waals surface area contributed by atoms with E-state index in [1.54, 1.807) is 25.4 Å². The Morgan fingerprint density at radius 2 is 2.35 bits per heavy atom. The molecule has 0 spiro atoms. The molecule has 6 heteroatoms. The summed E-state index contributed by atoms with van der Waals surface area (Å²) in [6.45, 7) is 0.251. The largest absolute Gasteiger partial charge is 0.359 e. The Labute approximate surface area is 101 Å². The molecule has 0 radical (unpaired) electrons. The van der Waals surface area contributed by atoms with Crippen molar-refractivity contribution in [2.24, 2.45) is 0 Å². The molecule has 1 aromatic rings. The lowest BCUT2D eigenvalue weighted by atomic mass is 10.2. The minimum Gasteiger partial charge on any atom is -0.359 e. The van der Waals surface area contributed by atoms with Crippen LogP contribution in [0, 0.1) is 0 Å².